The molecule has 1 unspecified atom stereocenters. The van der Waals surface area contributed by atoms with Gasteiger partial charge in [0, 0.05) is 36.3 Å². The van der Waals surface area contributed by atoms with Crippen LogP contribution in [0.15, 0.2) is 23.1 Å². The van der Waals surface area contributed by atoms with Gasteiger partial charge in [-0.25, -0.2) is 9.18 Å². The Bertz CT molecular complexity index is 1170. The molecule has 2 heterocycles. The number of carboxylic acid groups (broad SMARTS) is 2. The maximum atomic E-state index is 14.9. The van der Waals surface area contributed by atoms with Crippen LogP contribution in [0.5, 0.6) is 0 Å². The number of halogens is 4. The first-order valence-corrected chi connectivity index (χ1v) is 11.9. The van der Waals surface area contributed by atoms with Crippen LogP contribution in [-0.2, 0) is 20.9 Å². The summed E-state index contributed by atoms with van der Waals surface area (Å²) in [5.74, 6) is -4.19. The number of benzene rings is 1. The van der Waals surface area contributed by atoms with Gasteiger partial charge in [-0.15, -0.1) is 0 Å². The summed E-state index contributed by atoms with van der Waals surface area (Å²) in [4.78, 5) is 32.7. The second-order valence-corrected chi connectivity index (χ2v) is 9.04. The summed E-state index contributed by atoms with van der Waals surface area (Å²) in [6.45, 7) is 1.03. The Balaban J connectivity index is 0.000000479. The van der Waals surface area contributed by atoms with E-state index in [9.17, 15) is 27.2 Å². The van der Waals surface area contributed by atoms with Crippen LogP contribution in [0.1, 0.15) is 50.1 Å². The Morgan fingerprint density at radius 2 is 1.78 bits per heavy atom. The first-order valence-electron chi connectivity index (χ1n) is 11.9. The van der Waals surface area contributed by atoms with E-state index >= 15 is 0 Å². The first kappa shape index (κ1) is 28.4. The van der Waals surface area contributed by atoms with E-state index < -0.39 is 23.9 Å². The fraction of sp³-hybridized carbons (Fsp3) is 0.542. The van der Waals surface area contributed by atoms with E-state index in [4.69, 9.17) is 19.7 Å². The minimum atomic E-state index is -5.08. The van der Waals surface area contributed by atoms with Gasteiger partial charge in [-0.2, -0.15) is 13.2 Å². The highest BCUT2D eigenvalue weighted by atomic mass is 19.4. The Morgan fingerprint density at radius 3 is 2.35 bits per heavy atom. The second kappa shape index (κ2) is 12.4. The zero-order valence-corrected chi connectivity index (χ0v) is 19.9. The van der Waals surface area contributed by atoms with Crippen molar-refractivity contribution in [3.8, 4) is 0 Å². The molecular formula is C24H29F4N3O6. The summed E-state index contributed by atoms with van der Waals surface area (Å²) in [6, 6.07) is 3.36. The minimum absolute atomic E-state index is 0.0549. The fourth-order valence-corrected chi connectivity index (χ4v) is 4.48. The van der Waals surface area contributed by atoms with E-state index in [1.54, 1.807) is 12.3 Å². The fourth-order valence-electron chi connectivity index (χ4n) is 4.48. The van der Waals surface area contributed by atoms with E-state index in [1.807, 2.05) is 4.57 Å². The van der Waals surface area contributed by atoms with E-state index in [1.165, 1.54) is 12.5 Å². The molecule has 1 aliphatic heterocycles. The summed E-state index contributed by atoms with van der Waals surface area (Å²) in [5.41, 5.74) is 1.25. The standard InChI is InChI=1S/C22H28FN3O4.C2HF3O2/c23-18-8-17-20(9-19(18)25-15-4-2-1-3-5-15)26(16-6-7-30-13-16)12-14(22(17)29)10-24-11-21(27)28;3-2(4,5)1(6)7/h8-9,12,15-16,24-25H,1-7,10-11,13H2,(H,27,28);(H,6,7). The van der Waals surface area contributed by atoms with Crippen LogP contribution in [0.4, 0.5) is 23.2 Å². The molecule has 0 bridgehead atoms. The third-order valence-electron chi connectivity index (χ3n) is 6.29. The highest BCUT2D eigenvalue weighted by molar-refractivity contribution is 5.84. The number of nitrogens with zero attached hydrogens (tertiary/aromatic N) is 1. The molecule has 1 aromatic heterocycles. The molecular weight excluding hydrogens is 502 g/mol. The van der Waals surface area contributed by atoms with Gasteiger partial charge in [-0.05, 0) is 31.4 Å². The first-order chi connectivity index (χ1) is 17.5. The largest absolute Gasteiger partial charge is 0.490 e. The molecule has 0 spiro atoms. The lowest BCUT2D eigenvalue weighted by Crippen LogP contribution is -2.27. The highest BCUT2D eigenvalue weighted by Gasteiger charge is 2.38. The van der Waals surface area contributed by atoms with Crippen molar-refractivity contribution in [1.29, 1.82) is 0 Å². The number of hydrogen-bond donors (Lipinski definition) is 4. The van der Waals surface area contributed by atoms with Crippen molar-refractivity contribution in [3.05, 3.63) is 39.9 Å². The smallest absolute Gasteiger partial charge is 0.480 e. The lowest BCUT2D eigenvalue weighted by atomic mass is 9.95. The van der Waals surface area contributed by atoms with Crippen LogP contribution in [0, 0.1) is 5.82 Å². The van der Waals surface area contributed by atoms with Gasteiger partial charge in [-0.3, -0.25) is 9.59 Å². The zero-order valence-electron chi connectivity index (χ0n) is 19.9. The second-order valence-electron chi connectivity index (χ2n) is 9.04. The van der Waals surface area contributed by atoms with Crippen molar-refractivity contribution < 1.29 is 42.1 Å². The molecule has 204 valence electrons. The van der Waals surface area contributed by atoms with Gasteiger partial charge in [0.05, 0.1) is 30.4 Å². The van der Waals surface area contributed by atoms with Crippen molar-refractivity contribution in [2.45, 2.75) is 63.3 Å². The number of alkyl halides is 3. The van der Waals surface area contributed by atoms with Gasteiger partial charge < -0.3 is 30.2 Å². The Labute approximate surface area is 209 Å². The quantitative estimate of drug-likeness (QED) is 0.399. The van der Waals surface area contributed by atoms with Crippen LogP contribution in [0.2, 0.25) is 0 Å². The van der Waals surface area contributed by atoms with Crippen molar-refractivity contribution in [3.63, 3.8) is 0 Å². The summed E-state index contributed by atoms with van der Waals surface area (Å²) in [7, 11) is 0. The zero-order chi connectivity index (χ0) is 27.2. The summed E-state index contributed by atoms with van der Waals surface area (Å²) < 4.78 is 54.2. The number of carboxylic acids is 2. The van der Waals surface area contributed by atoms with Gasteiger partial charge in [0.2, 0.25) is 0 Å². The predicted molar refractivity (Wildman–Crippen MR) is 126 cm³/mol. The molecule has 2 aliphatic rings. The normalized spacial score (nSPS) is 18.3. The van der Waals surface area contributed by atoms with Crippen LogP contribution in [-0.4, -0.2) is 58.7 Å². The number of fused-ring (bicyclic) bond motifs is 1. The molecule has 1 aromatic carbocycles. The average molecular weight is 532 g/mol. The van der Waals surface area contributed by atoms with Gasteiger partial charge in [0.15, 0.2) is 5.43 Å². The predicted octanol–water partition coefficient (Wildman–Crippen LogP) is 3.65. The van der Waals surface area contributed by atoms with Gasteiger partial charge in [0.25, 0.3) is 0 Å². The molecule has 4 N–H and O–H groups in total. The monoisotopic (exact) mass is 531 g/mol. The SMILES string of the molecule is O=C(O)C(F)(F)F.O=C(O)CNCc1cn(C2CCOC2)c2cc(NC3CCCCC3)c(F)cc2c1=O. The van der Waals surface area contributed by atoms with Crippen molar-refractivity contribution in [2.24, 2.45) is 0 Å². The number of nitrogens with one attached hydrogen (secondary N) is 2. The third kappa shape index (κ3) is 7.65. The number of aliphatic carboxylic acids is 2. The minimum Gasteiger partial charge on any atom is -0.480 e. The number of ether oxygens (including phenoxy) is 1. The van der Waals surface area contributed by atoms with E-state index in [-0.39, 0.29) is 30.6 Å². The summed E-state index contributed by atoms with van der Waals surface area (Å²) >= 11 is 0. The van der Waals surface area contributed by atoms with Crippen LogP contribution in [0.25, 0.3) is 10.9 Å². The van der Waals surface area contributed by atoms with Crippen molar-refractivity contribution >= 4 is 28.5 Å². The van der Waals surface area contributed by atoms with Gasteiger partial charge in [0.1, 0.15) is 5.82 Å². The Kier molecular flexibility index (Phi) is 9.49. The van der Waals surface area contributed by atoms with Crippen LogP contribution in [0.3, 0.4) is 0 Å². The van der Waals surface area contributed by atoms with Crippen LogP contribution < -0.4 is 16.1 Å². The topological polar surface area (TPSA) is 130 Å². The Morgan fingerprint density at radius 1 is 1.11 bits per heavy atom. The van der Waals surface area contributed by atoms with Crippen LogP contribution >= 0.6 is 0 Å². The molecule has 0 radical (unpaired) electrons. The molecule has 37 heavy (non-hydrogen) atoms. The number of hydrogen-bond acceptors (Lipinski definition) is 6. The molecule has 13 heteroatoms. The third-order valence-corrected chi connectivity index (χ3v) is 6.29. The molecule has 0 amide bonds. The number of rotatable bonds is 7. The number of anilines is 1. The molecule has 9 nitrogen and oxygen atoms in total. The van der Waals surface area contributed by atoms with Crippen molar-refractivity contribution in [1.82, 2.24) is 9.88 Å². The molecule has 1 aliphatic carbocycles. The maximum absolute atomic E-state index is 14.9. The molecule has 2 fully saturated rings. The average Bonchev–Trinajstić information content (AvgIpc) is 3.37. The maximum Gasteiger partial charge on any atom is 0.490 e. The summed E-state index contributed by atoms with van der Waals surface area (Å²) in [6.07, 6.45) is 3.04. The molecule has 1 saturated carbocycles. The van der Waals surface area contributed by atoms with Gasteiger partial charge >= 0.3 is 18.1 Å². The lowest BCUT2D eigenvalue weighted by molar-refractivity contribution is -0.192. The number of pyridine rings is 1. The Hall–Kier alpha value is -3.19. The molecule has 1 saturated heterocycles. The molecule has 2 aromatic rings. The number of carbonyl (C=O) groups is 2. The number of aromatic nitrogens is 1. The lowest BCUT2D eigenvalue weighted by Gasteiger charge is -2.25. The van der Waals surface area contributed by atoms with E-state index in [0.717, 1.165) is 32.1 Å². The van der Waals surface area contributed by atoms with E-state index in [2.05, 4.69) is 10.6 Å². The van der Waals surface area contributed by atoms with Gasteiger partial charge in [-0.1, -0.05) is 19.3 Å². The molecule has 1 atom stereocenters. The van der Waals surface area contributed by atoms with E-state index in [0.29, 0.717) is 35.4 Å². The molecule has 4 rings (SSSR count). The van der Waals surface area contributed by atoms with Crippen molar-refractivity contribution in [2.75, 3.05) is 25.1 Å². The summed E-state index contributed by atoms with van der Waals surface area (Å²) in [5, 5.41) is 22.4. The highest BCUT2D eigenvalue weighted by Crippen LogP contribution is 2.29.